The summed E-state index contributed by atoms with van der Waals surface area (Å²) in [5, 5.41) is 3.60. The molecular formula is C21H28ClF2N3O3. The zero-order chi connectivity index (χ0) is 22.3. The number of alkyl halides is 2. The van der Waals surface area contributed by atoms with Crippen molar-refractivity contribution in [3.63, 3.8) is 0 Å². The quantitative estimate of drug-likeness (QED) is 0.596. The number of hydrogen-bond donors (Lipinski definition) is 2. The van der Waals surface area contributed by atoms with E-state index in [0.29, 0.717) is 16.3 Å². The molecule has 9 heteroatoms. The lowest BCUT2D eigenvalue weighted by Gasteiger charge is -2.28. The standard InChI is InChI=1S/C21H28ClF2N3O3/c1-2-13(11-18(28)27(21(25)30)12-17(23)24)20(29)26-19(14-6-3-4-7-14)15-8-5-9-16(22)10-15/h5,8-10,13-14,17,19H,2-4,6-7,11-12H2,1H3,(H2,25,30)(H,26,29). The van der Waals surface area contributed by atoms with E-state index >= 15 is 0 Å². The molecule has 1 fully saturated rings. The molecule has 6 nitrogen and oxygen atoms in total. The van der Waals surface area contributed by atoms with Gasteiger partial charge in [0.2, 0.25) is 11.8 Å². The monoisotopic (exact) mass is 443 g/mol. The van der Waals surface area contributed by atoms with Crippen LogP contribution in [0.1, 0.15) is 57.1 Å². The first-order chi connectivity index (χ1) is 14.2. The number of hydrogen-bond acceptors (Lipinski definition) is 3. The van der Waals surface area contributed by atoms with Crippen molar-refractivity contribution in [1.82, 2.24) is 10.2 Å². The van der Waals surface area contributed by atoms with Crippen molar-refractivity contribution < 1.29 is 23.2 Å². The van der Waals surface area contributed by atoms with Gasteiger partial charge in [-0.3, -0.25) is 14.5 Å². The number of carbonyl (C=O) groups excluding carboxylic acids is 3. The van der Waals surface area contributed by atoms with E-state index in [1.54, 1.807) is 13.0 Å². The van der Waals surface area contributed by atoms with Gasteiger partial charge in [-0.15, -0.1) is 0 Å². The molecule has 166 valence electrons. The first-order valence-corrected chi connectivity index (χ1v) is 10.5. The lowest BCUT2D eigenvalue weighted by atomic mass is 9.90. The Morgan fingerprint density at radius 1 is 1.27 bits per heavy atom. The maximum Gasteiger partial charge on any atom is 0.321 e. The molecule has 0 aromatic heterocycles. The summed E-state index contributed by atoms with van der Waals surface area (Å²) in [5.74, 6) is -1.75. The summed E-state index contributed by atoms with van der Waals surface area (Å²) >= 11 is 6.13. The molecule has 0 bridgehead atoms. The van der Waals surface area contributed by atoms with Crippen LogP contribution in [0.25, 0.3) is 0 Å². The smallest absolute Gasteiger partial charge is 0.321 e. The van der Waals surface area contributed by atoms with Crippen molar-refractivity contribution in [3.8, 4) is 0 Å². The average molecular weight is 444 g/mol. The van der Waals surface area contributed by atoms with Crippen LogP contribution >= 0.6 is 11.6 Å². The van der Waals surface area contributed by atoms with Crippen molar-refractivity contribution >= 4 is 29.4 Å². The van der Waals surface area contributed by atoms with Gasteiger partial charge in [0.15, 0.2) is 0 Å². The SMILES string of the molecule is CCC(CC(=O)N(CC(F)F)C(N)=O)C(=O)NC(c1cccc(Cl)c1)C1CCCC1. The van der Waals surface area contributed by atoms with Crippen LogP contribution in [0.5, 0.6) is 0 Å². The number of nitrogens with two attached hydrogens (primary N) is 1. The third kappa shape index (κ3) is 6.65. The third-order valence-electron chi connectivity index (χ3n) is 5.55. The van der Waals surface area contributed by atoms with E-state index in [-0.39, 0.29) is 24.3 Å². The van der Waals surface area contributed by atoms with E-state index in [2.05, 4.69) is 5.32 Å². The first-order valence-electron chi connectivity index (χ1n) is 10.2. The Morgan fingerprint density at radius 2 is 1.93 bits per heavy atom. The van der Waals surface area contributed by atoms with Crippen LogP contribution in [0.4, 0.5) is 13.6 Å². The molecule has 0 saturated heterocycles. The van der Waals surface area contributed by atoms with Crippen LogP contribution in [0.15, 0.2) is 24.3 Å². The number of urea groups is 1. The molecule has 30 heavy (non-hydrogen) atoms. The highest BCUT2D eigenvalue weighted by molar-refractivity contribution is 6.30. The number of amides is 4. The fraction of sp³-hybridized carbons (Fsp3) is 0.571. The molecule has 0 spiro atoms. The highest BCUT2D eigenvalue weighted by Gasteiger charge is 2.32. The number of carbonyl (C=O) groups is 3. The number of halogens is 3. The van der Waals surface area contributed by atoms with Crippen LogP contribution in [0.2, 0.25) is 5.02 Å². The Morgan fingerprint density at radius 3 is 2.47 bits per heavy atom. The molecule has 0 aliphatic heterocycles. The maximum absolute atomic E-state index is 13.0. The second-order valence-electron chi connectivity index (χ2n) is 7.63. The molecule has 2 rings (SSSR count). The van der Waals surface area contributed by atoms with Gasteiger partial charge in [0.1, 0.15) is 0 Å². The average Bonchev–Trinajstić information content (AvgIpc) is 3.22. The Balaban J connectivity index is 2.13. The van der Waals surface area contributed by atoms with Crippen LogP contribution in [0.3, 0.4) is 0 Å². The molecule has 1 aliphatic carbocycles. The summed E-state index contributed by atoms with van der Waals surface area (Å²) in [6, 6.07) is 5.79. The minimum atomic E-state index is -2.90. The largest absolute Gasteiger partial charge is 0.351 e. The predicted molar refractivity (Wildman–Crippen MR) is 110 cm³/mol. The zero-order valence-electron chi connectivity index (χ0n) is 17.0. The minimum absolute atomic E-state index is 0.251. The van der Waals surface area contributed by atoms with E-state index in [9.17, 15) is 23.2 Å². The fourth-order valence-corrected chi connectivity index (χ4v) is 4.13. The minimum Gasteiger partial charge on any atom is -0.351 e. The summed E-state index contributed by atoms with van der Waals surface area (Å²) in [5.41, 5.74) is 5.94. The van der Waals surface area contributed by atoms with E-state index in [1.807, 2.05) is 18.2 Å². The van der Waals surface area contributed by atoms with Gasteiger partial charge in [-0.2, -0.15) is 0 Å². The van der Waals surface area contributed by atoms with Gasteiger partial charge in [0, 0.05) is 17.4 Å². The lowest BCUT2D eigenvalue weighted by molar-refractivity contribution is -0.135. The number of rotatable bonds is 9. The molecule has 2 atom stereocenters. The van der Waals surface area contributed by atoms with Crippen molar-refractivity contribution in [1.29, 1.82) is 0 Å². The van der Waals surface area contributed by atoms with E-state index < -0.39 is 30.8 Å². The highest BCUT2D eigenvalue weighted by Crippen LogP contribution is 2.36. The van der Waals surface area contributed by atoms with Gasteiger partial charge in [0.25, 0.3) is 6.43 Å². The van der Waals surface area contributed by atoms with Gasteiger partial charge in [-0.1, -0.05) is 43.5 Å². The van der Waals surface area contributed by atoms with Gasteiger partial charge in [-0.25, -0.2) is 13.6 Å². The second kappa shape index (κ2) is 11.2. The normalized spacial score (nSPS) is 16.3. The molecule has 0 radical (unpaired) electrons. The summed E-state index contributed by atoms with van der Waals surface area (Å²) < 4.78 is 25.3. The number of nitrogens with zero attached hydrogens (tertiary/aromatic N) is 1. The van der Waals surface area contributed by atoms with Crippen molar-refractivity contribution in [2.45, 2.75) is 57.9 Å². The van der Waals surface area contributed by atoms with E-state index in [1.165, 1.54) is 0 Å². The number of nitrogens with one attached hydrogen (secondary N) is 1. The Hall–Kier alpha value is -2.22. The predicted octanol–water partition coefficient (Wildman–Crippen LogP) is 4.28. The van der Waals surface area contributed by atoms with E-state index in [0.717, 1.165) is 31.2 Å². The van der Waals surface area contributed by atoms with Gasteiger partial charge < -0.3 is 11.1 Å². The van der Waals surface area contributed by atoms with Crippen LogP contribution in [0, 0.1) is 11.8 Å². The van der Waals surface area contributed by atoms with Crippen LogP contribution in [-0.2, 0) is 9.59 Å². The molecular weight excluding hydrogens is 416 g/mol. The number of primary amides is 1. The molecule has 0 heterocycles. The summed E-state index contributed by atoms with van der Waals surface area (Å²) in [7, 11) is 0. The number of imide groups is 1. The summed E-state index contributed by atoms with van der Waals surface area (Å²) in [6.45, 7) is 0.642. The maximum atomic E-state index is 13.0. The van der Waals surface area contributed by atoms with Gasteiger partial charge in [0.05, 0.1) is 12.6 Å². The van der Waals surface area contributed by atoms with Gasteiger partial charge >= 0.3 is 6.03 Å². The Bertz CT molecular complexity index is 757. The Labute approximate surface area is 180 Å². The summed E-state index contributed by atoms with van der Waals surface area (Å²) in [6.07, 6.45) is 1.14. The van der Waals surface area contributed by atoms with Crippen molar-refractivity contribution in [2.75, 3.05) is 6.54 Å². The summed E-state index contributed by atoms with van der Waals surface area (Å²) in [4.78, 5) is 37.0. The molecule has 1 aliphatic rings. The Kier molecular flexibility index (Phi) is 9.02. The van der Waals surface area contributed by atoms with Crippen LogP contribution < -0.4 is 11.1 Å². The molecule has 1 aromatic carbocycles. The van der Waals surface area contributed by atoms with E-state index in [4.69, 9.17) is 17.3 Å². The first kappa shape index (κ1) is 24.1. The zero-order valence-corrected chi connectivity index (χ0v) is 17.7. The molecule has 1 saturated carbocycles. The lowest BCUT2D eigenvalue weighted by Crippen LogP contribution is -2.45. The highest BCUT2D eigenvalue weighted by atomic mass is 35.5. The van der Waals surface area contributed by atoms with Crippen LogP contribution in [-0.4, -0.2) is 35.7 Å². The molecule has 1 aromatic rings. The second-order valence-corrected chi connectivity index (χ2v) is 8.07. The van der Waals surface area contributed by atoms with Crippen molar-refractivity contribution in [3.05, 3.63) is 34.9 Å². The molecule has 2 unspecified atom stereocenters. The molecule has 4 amide bonds. The fourth-order valence-electron chi connectivity index (χ4n) is 3.93. The van der Waals surface area contributed by atoms with Crippen molar-refractivity contribution in [2.24, 2.45) is 17.6 Å². The van der Waals surface area contributed by atoms with Gasteiger partial charge in [-0.05, 0) is 42.9 Å². The molecule has 3 N–H and O–H groups in total. The third-order valence-corrected chi connectivity index (χ3v) is 5.78. The topological polar surface area (TPSA) is 92.5 Å². The number of benzene rings is 1.